The molecule has 0 aliphatic carbocycles. The third kappa shape index (κ3) is 45.9. The minimum absolute atomic E-state index is 0.0592. The van der Waals surface area contributed by atoms with Crippen molar-refractivity contribution in [3.05, 3.63) is 72.9 Å². The van der Waals surface area contributed by atoms with Crippen LogP contribution in [0.1, 0.15) is 258 Å². The van der Waals surface area contributed by atoms with E-state index in [2.05, 4.69) is 74.7 Å². The maximum Gasteiger partial charge on any atom is 0.306 e. The Bertz CT molecular complexity index is 1190. The molecule has 6 nitrogen and oxygen atoms in total. The van der Waals surface area contributed by atoms with Crippen molar-refractivity contribution >= 4 is 11.9 Å². The van der Waals surface area contributed by atoms with Crippen LogP contribution < -0.4 is 5.32 Å². The number of nitrogens with one attached hydrogen (secondary N) is 1. The number of allylic oxidation sites excluding steroid dienone is 12. The lowest BCUT2D eigenvalue weighted by atomic mass is 10.0. The van der Waals surface area contributed by atoms with Gasteiger partial charge in [-0.1, -0.05) is 248 Å². The van der Waals surface area contributed by atoms with Crippen LogP contribution in [-0.2, 0) is 14.3 Å². The third-order valence-corrected chi connectivity index (χ3v) is 12.1. The number of unbranched alkanes of at least 4 members (excludes halogenated alkanes) is 28. The van der Waals surface area contributed by atoms with Crippen molar-refractivity contribution in [2.24, 2.45) is 0 Å². The van der Waals surface area contributed by atoms with E-state index in [-0.39, 0.29) is 24.9 Å². The first kappa shape index (κ1) is 61.3. The zero-order chi connectivity index (χ0) is 46.7. The lowest BCUT2D eigenvalue weighted by Gasteiger charge is -2.24. The van der Waals surface area contributed by atoms with Crippen LogP contribution >= 0.6 is 0 Å². The predicted molar refractivity (Wildman–Crippen MR) is 278 cm³/mol. The van der Waals surface area contributed by atoms with E-state index >= 15 is 0 Å². The van der Waals surface area contributed by atoms with Crippen LogP contribution in [0, 0.1) is 0 Å². The first-order chi connectivity index (χ1) is 31.5. The van der Waals surface area contributed by atoms with Crippen molar-refractivity contribution in [2.45, 2.75) is 277 Å². The number of ether oxygens (including phenoxy) is 1. The summed E-state index contributed by atoms with van der Waals surface area (Å²) >= 11 is 0. The monoisotopic (exact) mass is 894 g/mol. The molecular formula is C58H103NO5. The maximum atomic E-state index is 13.2. The van der Waals surface area contributed by atoms with Crippen LogP contribution in [0.5, 0.6) is 0 Å². The normalized spacial score (nSPS) is 13.8. The maximum absolute atomic E-state index is 13.2. The van der Waals surface area contributed by atoms with Gasteiger partial charge in [-0.15, -0.1) is 0 Å². The van der Waals surface area contributed by atoms with Crippen molar-refractivity contribution in [1.29, 1.82) is 0 Å². The van der Waals surface area contributed by atoms with Gasteiger partial charge in [0.25, 0.3) is 0 Å². The van der Waals surface area contributed by atoms with E-state index in [0.29, 0.717) is 19.3 Å². The van der Waals surface area contributed by atoms with Crippen LogP contribution in [0.15, 0.2) is 72.9 Å². The minimum atomic E-state index is -0.797. The second kappa shape index (κ2) is 51.3. The Labute approximate surface area is 396 Å². The van der Waals surface area contributed by atoms with E-state index in [1.54, 1.807) is 0 Å². The summed E-state index contributed by atoms with van der Waals surface area (Å²) < 4.78 is 5.93. The Morgan fingerprint density at radius 1 is 0.453 bits per heavy atom. The van der Waals surface area contributed by atoms with Crippen LogP contribution in [0.2, 0.25) is 0 Å². The number of carbonyl (C=O) groups is 2. The molecule has 0 aromatic rings. The average molecular weight is 894 g/mol. The number of rotatable bonds is 48. The summed E-state index contributed by atoms with van der Waals surface area (Å²) in [7, 11) is 0. The first-order valence-corrected chi connectivity index (χ1v) is 27.2. The molecule has 0 saturated heterocycles. The van der Waals surface area contributed by atoms with Gasteiger partial charge in [-0.25, -0.2) is 0 Å². The SMILES string of the molecule is CCC/C=C/C=C/C=C/C=C/C=C/CCCCCCCC(=O)OC(CCCCCCC/C=C\CCCCCC)CC(=O)NC(CO)C(O)CCCCCCCCCCCCCCCC. The Morgan fingerprint density at radius 2 is 0.844 bits per heavy atom. The number of hydrogen-bond acceptors (Lipinski definition) is 5. The van der Waals surface area contributed by atoms with E-state index in [1.165, 1.54) is 122 Å². The molecule has 3 unspecified atom stereocenters. The molecule has 0 rings (SSSR count). The summed E-state index contributed by atoms with van der Waals surface area (Å²) in [6.07, 6.45) is 65.2. The molecule has 0 fully saturated rings. The molecule has 0 heterocycles. The topological polar surface area (TPSA) is 95.9 Å². The number of esters is 1. The standard InChI is InChI=1S/C58H103NO5/c1-4-7-10-13-16-19-22-25-27-28-29-30-33-36-39-42-45-48-51-58(63)64-54(49-46-43-40-37-34-31-24-21-18-15-12-9-6-3)52-57(62)59-55(53-60)56(61)50-47-44-41-38-35-32-26-23-20-17-14-11-8-5-2/h10,13,16,19,21-22,24-25,27-30,54-56,60-61H,4-9,11-12,14-15,17-18,20,23,26,31-53H2,1-3H3,(H,59,62)/b13-10+,19-16+,24-21-,25-22+,28-27+,30-29+. The number of aliphatic hydroxyl groups is 2. The fourth-order valence-electron chi connectivity index (χ4n) is 7.98. The molecule has 1 amide bonds. The molecule has 6 heteroatoms. The number of hydrogen-bond donors (Lipinski definition) is 3. The molecule has 3 N–H and O–H groups in total. The number of carbonyl (C=O) groups excluding carboxylic acids is 2. The molecule has 0 radical (unpaired) electrons. The molecule has 0 saturated carbocycles. The number of amides is 1. The van der Waals surface area contributed by atoms with Gasteiger partial charge in [0.2, 0.25) is 5.91 Å². The summed E-state index contributed by atoms with van der Waals surface area (Å²) in [5.41, 5.74) is 0. The Kier molecular flexibility index (Phi) is 49.1. The summed E-state index contributed by atoms with van der Waals surface area (Å²) in [6, 6.07) is -0.712. The van der Waals surface area contributed by atoms with Gasteiger partial charge >= 0.3 is 5.97 Å². The Hall–Kier alpha value is -2.70. The first-order valence-electron chi connectivity index (χ1n) is 27.2. The van der Waals surface area contributed by atoms with Crippen molar-refractivity contribution < 1.29 is 24.5 Å². The fraction of sp³-hybridized carbons (Fsp3) is 0.759. The molecule has 0 spiro atoms. The van der Waals surface area contributed by atoms with Crippen LogP contribution in [0.4, 0.5) is 0 Å². The fourth-order valence-corrected chi connectivity index (χ4v) is 7.98. The summed E-state index contributed by atoms with van der Waals surface area (Å²) in [6.45, 7) is 6.38. The van der Waals surface area contributed by atoms with E-state index in [9.17, 15) is 19.8 Å². The molecule has 3 atom stereocenters. The third-order valence-electron chi connectivity index (χ3n) is 12.1. The molecule has 370 valence electrons. The van der Waals surface area contributed by atoms with Gasteiger partial charge in [-0.2, -0.15) is 0 Å². The molecule has 0 aliphatic heterocycles. The van der Waals surface area contributed by atoms with Gasteiger partial charge in [-0.05, 0) is 70.6 Å². The van der Waals surface area contributed by atoms with Gasteiger partial charge in [0.15, 0.2) is 0 Å². The Balaban J connectivity index is 4.62. The quantitative estimate of drug-likeness (QED) is 0.0245. The van der Waals surface area contributed by atoms with Crippen LogP contribution in [0.3, 0.4) is 0 Å². The van der Waals surface area contributed by atoms with Crippen molar-refractivity contribution in [3.8, 4) is 0 Å². The van der Waals surface area contributed by atoms with E-state index in [0.717, 1.165) is 89.9 Å². The highest BCUT2D eigenvalue weighted by Crippen LogP contribution is 2.18. The van der Waals surface area contributed by atoms with Crippen molar-refractivity contribution in [2.75, 3.05) is 6.61 Å². The number of aliphatic hydroxyl groups excluding tert-OH is 2. The molecule has 0 aromatic heterocycles. The van der Waals surface area contributed by atoms with Gasteiger partial charge in [0.05, 0.1) is 25.2 Å². The lowest BCUT2D eigenvalue weighted by molar-refractivity contribution is -0.151. The molecule has 0 bridgehead atoms. The highest BCUT2D eigenvalue weighted by Gasteiger charge is 2.24. The Morgan fingerprint density at radius 3 is 1.33 bits per heavy atom. The summed E-state index contributed by atoms with van der Waals surface area (Å²) in [4.78, 5) is 26.2. The van der Waals surface area contributed by atoms with Crippen LogP contribution in [-0.4, -0.2) is 46.9 Å². The predicted octanol–water partition coefficient (Wildman–Crippen LogP) is 16.6. The van der Waals surface area contributed by atoms with Crippen molar-refractivity contribution in [1.82, 2.24) is 5.32 Å². The largest absolute Gasteiger partial charge is 0.462 e. The van der Waals surface area contributed by atoms with E-state index < -0.39 is 18.2 Å². The summed E-state index contributed by atoms with van der Waals surface area (Å²) in [5.74, 6) is -0.509. The highest BCUT2D eigenvalue weighted by molar-refractivity contribution is 5.77. The summed E-state index contributed by atoms with van der Waals surface area (Å²) in [5, 5.41) is 23.8. The van der Waals surface area contributed by atoms with Crippen LogP contribution in [0.25, 0.3) is 0 Å². The zero-order valence-electron chi connectivity index (χ0n) is 42.1. The lowest BCUT2D eigenvalue weighted by Crippen LogP contribution is -2.46. The zero-order valence-corrected chi connectivity index (χ0v) is 42.1. The molecular weight excluding hydrogens is 791 g/mol. The smallest absolute Gasteiger partial charge is 0.306 e. The highest BCUT2D eigenvalue weighted by atomic mass is 16.5. The molecule has 0 aromatic carbocycles. The second-order valence-corrected chi connectivity index (χ2v) is 18.4. The average Bonchev–Trinajstić information content (AvgIpc) is 3.29. The van der Waals surface area contributed by atoms with Gasteiger partial charge < -0.3 is 20.3 Å². The van der Waals surface area contributed by atoms with Gasteiger partial charge in [-0.3, -0.25) is 9.59 Å². The van der Waals surface area contributed by atoms with Gasteiger partial charge in [0, 0.05) is 6.42 Å². The second-order valence-electron chi connectivity index (χ2n) is 18.4. The van der Waals surface area contributed by atoms with E-state index in [1.807, 2.05) is 24.3 Å². The molecule has 64 heavy (non-hydrogen) atoms. The van der Waals surface area contributed by atoms with Crippen molar-refractivity contribution in [3.63, 3.8) is 0 Å². The minimum Gasteiger partial charge on any atom is -0.462 e. The van der Waals surface area contributed by atoms with Gasteiger partial charge in [0.1, 0.15) is 6.10 Å². The van der Waals surface area contributed by atoms with E-state index in [4.69, 9.17) is 4.74 Å². The molecule has 0 aliphatic rings.